The fourth-order valence-electron chi connectivity index (χ4n) is 3.65. The van der Waals surface area contributed by atoms with Crippen LogP contribution in [0.15, 0.2) is 12.3 Å². The van der Waals surface area contributed by atoms with Crippen LogP contribution in [0, 0.1) is 5.92 Å². The Bertz CT molecular complexity index is 586. The van der Waals surface area contributed by atoms with Gasteiger partial charge in [-0.15, -0.1) is 0 Å². The molecule has 0 spiro atoms. The first-order chi connectivity index (χ1) is 11.0. The van der Waals surface area contributed by atoms with E-state index in [-0.39, 0.29) is 23.6 Å². The second kappa shape index (κ2) is 6.70. The summed E-state index contributed by atoms with van der Waals surface area (Å²) in [4.78, 5) is 27.9. The van der Waals surface area contributed by atoms with E-state index >= 15 is 0 Å². The van der Waals surface area contributed by atoms with Crippen molar-refractivity contribution in [3.63, 3.8) is 0 Å². The van der Waals surface area contributed by atoms with E-state index in [0.717, 1.165) is 45.3 Å². The van der Waals surface area contributed by atoms with Crippen LogP contribution in [0.4, 0.5) is 0 Å². The number of carboxylic acids is 1. The van der Waals surface area contributed by atoms with Crippen molar-refractivity contribution in [3.05, 3.63) is 18.0 Å². The molecule has 3 heterocycles. The molecule has 0 aromatic carbocycles. The number of likely N-dealkylation sites (tertiary alicyclic amines) is 2. The van der Waals surface area contributed by atoms with Crippen molar-refractivity contribution in [2.45, 2.75) is 31.7 Å². The molecule has 7 heteroatoms. The summed E-state index contributed by atoms with van der Waals surface area (Å²) in [5.74, 6) is -0.677. The Hall–Kier alpha value is -1.89. The molecule has 2 aliphatic heterocycles. The van der Waals surface area contributed by atoms with Gasteiger partial charge in [0, 0.05) is 25.8 Å². The highest BCUT2D eigenvalue weighted by Gasteiger charge is 2.31. The minimum Gasteiger partial charge on any atom is -0.476 e. The largest absolute Gasteiger partial charge is 0.476 e. The maximum atomic E-state index is 12.8. The van der Waals surface area contributed by atoms with Gasteiger partial charge in [-0.2, -0.15) is 5.10 Å². The number of hydrogen-bond acceptors (Lipinski definition) is 4. The molecule has 3 rings (SSSR count). The molecule has 2 aliphatic rings. The van der Waals surface area contributed by atoms with E-state index in [0.29, 0.717) is 6.54 Å². The predicted molar refractivity (Wildman–Crippen MR) is 84.3 cm³/mol. The minimum absolute atomic E-state index is 0.0577. The number of hydrogen-bond donors (Lipinski definition) is 1. The molecule has 0 radical (unpaired) electrons. The third-order valence-electron chi connectivity index (χ3n) is 4.88. The van der Waals surface area contributed by atoms with Crippen LogP contribution in [-0.2, 0) is 4.79 Å². The lowest BCUT2D eigenvalue weighted by Crippen LogP contribution is -2.47. The fourth-order valence-corrected chi connectivity index (χ4v) is 3.65. The molecule has 2 fully saturated rings. The quantitative estimate of drug-likeness (QED) is 0.902. The molecular weight excluding hydrogens is 296 g/mol. The van der Waals surface area contributed by atoms with Crippen LogP contribution in [0.3, 0.4) is 0 Å². The summed E-state index contributed by atoms with van der Waals surface area (Å²) >= 11 is 0. The first-order valence-electron chi connectivity index (χ1n) is 8.30. The second-order valence-corrected chi connectivity index (χ2v) is 6.67. The molecule has 0 aliphatic carbocycles. The SMILES string of the molecule is CN1CCCC(C(=O)N2CCCC(n3ccc(C(=O)O)n3)C2)C1. The number of nitrogens with zero attached hydrogens (tertiary/aromatic N) is 4. The van der Waals surface area contributed by atoms with E-state index < -0.39 is 5.97 Å². The van der Waals surface area contributed by atoms with E-state index in [1.165, 1.54) is 6.07 Å². The Kier molecular flexibility index (Phi) is 4.66. The molecule has 7 nitrogen and oxygen atoms in total. The number of aromatic carboxylic acids is 1. The lowest BCUT2D eigenvalue weighted by Gasteiger charge is -2.37. The van der Waals surface area contributed by atoms with Crippen molar-refractivity contribution < 1.29 is 14.7 Å². The van der Waals surface area contributed by atoms with E-state index in [1.54, 1.807) is 10.9 Å². The molecular formula is C16H24N4O3. The van der Waals surface area contributed by atoms with Crippen LogP contribution in [0.5, 0.6) is 0 Å². The van der Waals surface area contributed by atoms with Crippen LogP contribution in [0.25, 0.3) is 0 Å². The van der Waals surface area contributed by atoms with Gasteiger partial charge in [0.1, 0.15) is 0 Å². The maximum Gasteiger partial charge on any atom is 0.356 e. The van der Waals surface area contributed by atoms with Crippen molar-refractivity contribution >= 4 is 11.9 Å². The van der Waals surface area contributed by atoms with E-state index in [9.17, 15) is 9.59 Å². The average Bonchev–Trinajstić information content (AvgIpc) is 3.04. The molecule has 0 saturated carbocycles. The van der Waals surface area contributed by atoms with Gasteiger partial charge in [0.2, 0.25) is 5.91 Å². The van der Waals surface area contributed by atoms with Crippen molar-refractivity contribution in [1.29, 1.82) is 0 Å². The van der Waals surface area contributed by atoms with Gasteiger partial charge in [0.25, 0.3) is 0 Å². The van der Waals surface area contributed by atoms with Crippen molar-refractivity contribution in [3.8, 4) is 0 Å². The third kappa shape index (κ3) is 3.55. The fraction of sp³-hybridized carbons (Fsp3) is 0.688. The standard InChI is InChI=1S/C16H24N4O3/c1-18-7-2-4-12(10-18)15(21)19-8-3-5-13(11-19)20-9-6-14(17-20)16(22)23/h6,9,12-13H,2-5,7-8,10-11H2,1H3,(H,22,23). The molecule has 1 aromatic heterocycles. The molecule has 1 N–H and O–H groups in total. The van der Waals surface area contributed by atoms with Crippen molar-refractivity contribution in [2.75, 3.05) is 33.2 Å². The zero-order valence-electron chi connectivity index (χ0n) is 13.5. The molecule has 2 unspecified atom stereocenters. The monoisotopic (exact) mass is 320 g/mol. The van der Waals surface area contributed by atoms with Gasteiger partial charge >= 0.3 is 5.97 Å². The Morgan fingerprint density at radius 3 is 2.70 bits per heavy atom. The number of carboxylic acid groups (broad SMARTS) is 1. The summed E-state index contributed by atoms with van der Waals surface area (Å²) in [5, 5.41) is 13.1. The van der Waals surface area contributed by atoms with Gasteiger partial charge in [-0.25, -0.2) is 4.79 Å². The Morgan fingerprint density at radius 2 is 2.00 bits per heavy atom. The van der Waals surface area contributed by atoms with Gasteiger partial charge in [-0.3, -0.25) is 9.48 Å². The first kappa shape index (κ1) is 16.0. The lowest BCUT2D eigenvalue weighted by atomic mass is 9.95. The lowest BCUT2D eigenvalue weighted by molar-refractivity contribution is -0.138. The zero-order valence-corrected chi connectivity index (χ0v) is 13.5. The normalized spacial score (nSPS) is 26.2. The Morgan fingerprint density at radius 1 is 1.22 bits per heavy atom. The molecule has 126 valence electrons. The van der Waals surface area contributed by atoms with Gasteiger partial charge in [0.15, 0.2) is 5.69 Å². The molecule has 1 amide bonds. The highest BCUT2D eigenvalue weighted by atomic mass is 16.4. The van der Waals surface area contributed by atoms with Crippen LogP contribution in [0.2, 0.25) is 0 Å². The Balaban J connectivity index is 1.65. The molecule has 1 aromatic rings. The van der Waals surface area contributed by atoms with Crippen molar-refractivity contribution in [1.82, 2.24) is 19.6 Å². The number of piperidine rings is 2. The van der Waals surface area contributed by atoms with Crippen LogP contribution < -0.4 is 0 Å². The van der Waals surface area contributed by atoms with Crippen molar-refractivity contribution in [2.24, 2.45) is 5.92 Å². The van der Waals surface area contributed by atoms with E-state index in [1.807, 2.05) is 4.90 Å². The summed E-state index contributed by atoms with van der Waals surface area (Å²) in [6, 6.07) is 1.58. The summed E-state index contributed by atoms with van der Waals surface area (Å²) in [7, 11) is 2.07. The molecule has 2 saturated heterocycles. The van der Waals surface area contributed by atoms with Crippen LogP contribution >= 0.6 is 0 Å². The second-order valence-electron chi connectivity index (χ2n) is 6.67. The number of carbonyl (C=O) groups is 2. The third-order valence-corrected chi connectivity index (χ3v) is 4.88. The molecule has 23 heavy (non-hydrogen) atoms. The van der Waals surface area contributed by atoms with Gasteiger partial charge < -0.3 is 14.9 Å². The summed E-state index contributed by atoms with van der Waals surface area (Å²) < 4.78 is 1.70. The maximum absolute atomic E-state index is 12.8. The number of carbonyl (C=O) groups excluding carboxylic acids is 1. The van der Waals surface area contributed by atoms with E-state index in [2.05, 4.69) is 17.0 Å². The van der Waals surface area contributed by atoms with Gasteiger partial charge in [-0.1, -0.05) is 0 Å². The predicted octanol–water partition coefficient (Wildman–Crippen LogP) is 1.09. The van der Waals surface area contributed by atoms with Crippen LogP contribution in [0.1, 0.15) is 42.2 Å². The van der Waals surface area contributed by atoms with Gasteiger partial charge in [0.05, 0.1) is 12.0 Å². The van der Waals surface area contributed by atoms with Crippen LogP contribution in [-0.4, -0.2) is 69.8 Å². The summed E-state index contributed by atoms with van der Waals surface area (Å²) in [5.41, 5.74) is 0.0577. The molecule has 0 bridgehead atoms. The number of rotatable bonds is 3. The summed E-state index contributed by atoms with van der Waals surface area (Å²) in [6.45, 7) is 3.32. The topological polar surface area (TPSA) is 78.7 Å². The summed E-state index contributed by atoms with van der Waals surface area (Å²) in [6.07, 6.45) is 5.60. The average molecular weight is 320 g/mol. The Labute approximate surface area is 135 Å². The smallest absolute Gasteiger partial charge is 0.356 e. The van der Waals surface area contributed by atoms with Gasteiger partial charge in [-0.05, 0) is 45.3 Å². The highest BCUT2D eigenvalue weighted by Crippen LogP contribution is 2.25. The zero-order chi connectivity index (χ0) is 16.4. The van der Waals surface area contributed by atoms with E-state index in [4.69, 9.17) is 5.11 Å². The minimum atomic E-state index is -1.02. The number of amides is 1. The molecule has 2 atom stereocenters. The first-order valence-corrected chi connectivity index (χ1v) is 8.30. The number of aromatic nitrogens is 2. The highest BCUT2D eigenvalue weighted by molar-refractivity contribution is 5.85.